The van der Waals surface area contributed by atoms with Crippen molar-refractivity contribution in [3.05, 3.63) is 58.6 Å². The number of carbonyl (C=O) groups is 2. The summed E-state index contributed by atoms with van der Waals surface area (Å²) >= 11 is 5.86. The van der Waals surface area contributed by atoms with E-state index in [0.717, 1.165) is 23.2 Å². The van der Waals surface area contributed by atoms with Crippen molar-refractivity contribution in [3.63, 3.8) is 0 Å². The molecule has 0 atom stereocenters. The molecule has 2 aromatic carbocycles. The molecule has 3 rings (SSSR count). The Bertz CT molecular complexity index is 821. The predicted octanol–water partition coefficient (Wildman–Crippen LogP) is 3.51. The third-order valence-electron chi connectivity index (χ3n) is 4.49. The zero-order chi connectivity index (χ0) is 19.2. The summed E-state index contributed by atoms with van der Waals surface area (Å²) in [6, 6.07) is 13.3. The first kappa shape index (κ1) is 19.2. The zero-order valence-electron chi connectivity index (χ0n) is 15.3. The number of anilines is 1. The van der Waals surface area contributed by atoms with Gasteiger partial charge >= 0.3 is 0 Å². The van der Waals surface area contributed by atoms with Crippen molar-refractivity contribution in [1.29, 1.82) is 0 Å². The fourth-order valence-corrected chi connectivity index (χ4v) is 3.15. The van der Waals surface area contributed by atoms with Crippen LogP contribution in [-0.4, -0.2) is 31.5 Å². The summed E-state index contributed by atoms with van der Waals surface area (Å²) in [7, 11) is 0. The van der Waals surface area contributed by atoms with E-state index in [1.165, 1.54) is 0 Å². The fourth-order valence-electron chi connectivity index (χ4n) is 3.03. The van der Waals surface area contributed by atoms with E-state index < -0.39 is 0 Å². The average molecular weight is 387 g/mol. The van der Waals surface area contributed by atoms with Gasteiger partial charge in [0.25, 0.3) is 0 Å². The van der Waals surface area contributed by atoms with Crippen LogP contribution >= 0.6 is 11.6 Å². The van der Waals surface area contributed by atoms with Crippen LogP contribution in [0.1, 0.15) is 24.0 Å². The lowest BCUT2D eigenvalue weighted by molar-refractivity contribution is -0.125. The quantitative estimate of drug-likeness (QED) is 0.826. The molecule has 2 amide bonds. The number of benzene rings is 2. The largest absolute Gasteiger partial charge is 0.490 e. The average Bonchev–Trinajstić information content (AvgIpc) is 2.67. The van der Waals surface area contributed by atoms with Crippen LogP contribution in [0.3, 0.4) is 0 Å². The summed E-state index contributed by atoms with van der Waals surface area (Å²) in [5, 5.41) is 3.56. The molecule has 6 heteroatoms. The topological polar surface area (TPSA) is 58.6 Å². The predicted molar refractivity (Wildman–Crippen MR) is 106 cm³/mol. The maximum absolute atomic E-state index is 12.6. The molecule has 0 saturated carbocycles. The highest BCUT2D eigenvalue weighted by Gasteiger charge is 2.23. The second-order valence-corrected chi connectivity index (χ2v) is 7.03. The van der Waals surface area contributed by atoms with Crippen molar-refractivity contribution in [1.82, 2.24) is 5.32 Å². The number of nitrogens with zero attached hydrogens (tertiary/aromatic N) is 1. The van der Waals surface area contributed by atoms with Crippen LogP contribution in [0.5, 0.6) is 5.75 Å². The molecule has 2 aromatic rings. The number of rotatable bonds is 6. The van der Waals surface area contributed by atoms with Gasteiger partial charge in [-0.2, -0.15) is 0 Å². The Morgan fingerprint density at radius 3 is 2.70 bits per heavy atom. The minimum atomic E-state index is -0.116. The Balaban J connectivity index is 1.46. The van der Waals surface area contributed by atoms with Gasteiger partial charge in [-0.1, -0.05) is 29.8 Å². The van der Waals surface area contributed by atoms with Gasteiger partial charge in [0.15, 0.2) is 0 Å². The maximum Gasteiger partial charge on any atom is 0.227 e. The van der Waals surface area contributed by atoms with Gasteiger partial charge in [-0.15, -0.1) is 0 Å². The van der Waals surface area contributed by atoms with Crippen molar-refractivity contribution in [2.75, 3.05) is 24.6 Å². The normalized spacial score (nSPS) is 12.9. The first-order valence-corrected chi connectivity index (χ1v) is 9.46. The van der Waals surface area contributed by atoms with E-state index in [2.05, 4.69) is 5.32 Å². The summed E-state index contributed by atoms with van der Waals surface area (Å²) in [5.41, 5.74) is 2.96. The number of ether oxygens (including phenoxy) is 1. The number of hydrogen-bond acceptors (Lipinski definition) is 3. The van der Waals surface area contributed by atoms with Crippen LogP contribution < -0.4 is 15.0 Å². The van der Waals surface area contributed by atoms with Crippen molar-refractivity contribution in [2.45, 2.75) is 26.2 Å². The molecular formula is C21H23ClN2O3. The van der Waals surface area contributed by atoms with E-state index in [0.29, 0.717) is 30.5 Å². The van der Waals surface area contributed by atoms with Gasteiger partial charge < -0.3 is 15.0 Å². The standard InChI is InChI=1S/C21H23ClN2O3/c1-15-2-7-19-18(14-15)24(12-13-27-19)21(26)9-8-20(25)23-11-10-16-3-5-17(22)6-4-16/h2-7,14H,8-13H2,1H3,(H,23,25). The van der Waals surface area contributed by atoms with Gasteiger partial charge in [0, 0.05) is 24.4 Å². The first-order chi connectivity index (χ1) is 13.0. The van der Waals surface area contributed by atoms with Crippen LogP contribution in [0, 0.1) is 6.92 Å². The molecule has 0 radical (unpaired) electrons. The van der Waals surface area contributed by atoms with E-state index >= 15 is 0 Å². The molecule has 1 N–H and O–H groups in total. The first-order valence-electron chi connectivity index (χ1n) is 9.08. The van der Waals surface area contributed by atoms with E-state index in [1.54, 1.807) is 4.90 Å². The zero-order valence-corrected chi connectivity index (χ0v) is 16.1. The number of aryl methyl sites for hydroxylation is 1. The Morgan fingerprint density at radius 2 is 1.93 bits per heavy atom. The maximum atomic E-state index is 12.6. The molecule has 0 fully saturated rings. The fraction of sp³-hybridized carbons (Fsp3) is 0.333. The third kappa shape index (κ3) is 5.23. The van der Waals surface area contributed by atoms with Gasteiger partial charge in [0.1, 0.15) is 12.4 Å². The monoisotopic (exact) mass is 386 g/mol. The van der Waals surface area contributed by atoms with E-state index in [1.807, 2.05) is 49.4 Å². The summed E-state index contributed by atoms with van der Waals surface area (Å²) in [6.07, 6.45) is 1.09. The van der Waals surface area contributed by atoms with Gasteiger partial charge in [-0.05, 0) is 48.7 Å². The Morgan fingerprint density at radius 1 is 1.15 bits per heavy atom. The lowest BCUT2D eigenvalue weighted by Gasteiger charge is -2.30. The second kappa shape index (κ2) is 8.91. The van der Waals surface area contributed by atoms with Crippen molar-refractivity contribution >= 4 is 29.1 Å². The number of carbonyl (C=O) groups excluding carboxylic acids is 2. The number of amides is 2. The van der Waals surface area contributed by atoms with Crippen LogP contribution in [0.2, 0.25) is 5.02 Å². The smallest absolute Gasteiger partial charge is 0.227 e. The molecule has 1 aliphatic heterocycles. The molecule has 0 unspecified atom stereocenters. The van der Waals surface area contributed by atoms with Gasteiger partial charge in [-0.3, -0.25) is 9.59 Å². The van der Waals surface area contributed by atoms with E-state index in [4.69, 9.17) is 16.3 Å². The molecule has 0 bridgehead atoms. The highest BCUT2D eigenvalue weighted by molar-refractivity contribution is 6.30. The molecule has 5 nitrogen and oxygen atoms in total. The second-order valence-electron chi connectivity index (χ2n) is 6.59. The van der Waals surface area contributed by atoms with Crippen molar-refractivity contribution in [3.8, 4) is 5.75 Å². The van der Waals surface area contributed by atoms with E-state index in [-0.39, 0.29) is 24.7 Å². The molecule has 1 heterocycles. The summed E-state index contributed by atoms with van der Waals surface area (Å²) < 4.78 is 5.61. The van der Waals surface area contributed by atoms with Crippen LogP contribution in [0.25, 0.3) is 0 Å². The molecule has 27 heavy (non-hydrogen) atoms. The Hall–Kier alpha value is -2.53. The summed E-state index contributed by atoms with van der Waals surface area (Å²) in [4.78, 5) is 26.3. The number of halogens is 1. The number of hydrogen-bond donors (Lipinski definition) is 1. The summed E-state index contributed by atoms with van der Waals surface area (Å²) in [5.74, 6) is 0.542. The van der Waals surface area contributed by atoms with Crippen LogP contribution in [-0.2, 0) is 16.0 Å². The SMILES string of the molecule is Cc1ccc2c(c1)N(C(=O)CCC(=O)NCCc1ccc(Cl)cc1)CCO2. The van der Waals surface area contributed by atoms with Gasteiger partial charge in [0.05, 0.1) is 12.2 Å². The highest BCUT2D eigenvalue weighted by Crippen LogP contribution is 2.32. The van der Waals surface area contributed by atoms with Gasteiger partial charge in [-0.25, -0.2) is 0 Å². The van der Waals surface area contributed by atoms with Crippen LogP contribution in [0.15, 0.2) is 42.5 Å². The third-order valence-corrected chi connectivity index (χ3v) is 4.75. The lowest BCUT2D eigenvalue weighted by atomic mass is 10.1. The van der Waals surface area contributed by atoms with Gasteiger partial charge in [0.2, 0.25) is 11.8 Å². The van der Waals surface area contributed by atoms with Crippen molar-refractivity contribution in [2.24, 2.45) is 0 Å². The lowest BCUT2D eigenvalue weighted by Crippen LogP contribution is -2.38. The number of nitrogens with one attached hydrogen (secondary N) is 1. The molecule has 0 aliphatic carbocycles. The summed E-state index contributed by atoms with van der Waals surface area (Å²) in [6.45, 7) is 3.49. The number of fused-ring (bicyclic) bond motifs is 1. The van der Waals surface area contributed by atoms with Crippen LogP contribution in [0.4, 0.5) is 5.69 Å². The Labute approximate surface area is 164 Å². The molecule has 0 aromatic heterocycles. The Kier molecular flexibility index (Phi) is 6.35. The molecule has 1 aliphatic rings. The van der Waals surface area contributed by atoms with Crippen molar-refractivity contribution < 1.29 is 14.3 Å². The molecule has 0 spiro atoms. The minimum Gasteiger partial charge on any atom is -0.490 e. The van der Waals surface area contributed by atoms with E-state index in [9.17, 15) is 9.59 Å². The molecule has 0 saturated heterocycles. The molecule has 142 valence electrons. The minimum absolute atomic E-state index is 0.0574. The molecular weight excluding hydrogens is 364 g/mol. The highest BCUT2D eigenvalue weighted by atomic mass is 35.5.